The molecule has 0 aromatic carbocycles. The van der Waals surface area contributed by atoms with Crippen LogP contribution in [0.4, 0.5) is 4.79 Å². The zero-order chi connectivity index (χ0) is 12.3. The predicted molar refractivity (Wildman–Crippen MR) is 57.4 cm³/mol. The summed E-state index contributed by atoms with van der Waals surface area (Å²) in [6.07, 6.45) is 0.859. The third-order valence-corrected chi connectivity index (χ3v) is 1.73. The summed E-state index contributed by atoms with van der Waals surface area (Å²) < 4.78 is 10.8. The highest BCUT2D eigenvalue weighted by atomic mass is 16.6. The molecule has 0 bridgehead atoms. The van der Waals surface area contributed by atoms with Crippen molar-refractivity contribution in [3.8, 4) is 0 Å². The van der Waals surface area contributed by atoms with Crippen LogP contribution in [0.25, 0.3) is 0 Å². The second kappa shape index (κ2) is 4.38. The van der Waals surface area contributed by atoms with Gasteiger partial charge in [-0.3, -0.25) is 0 Å². The lowest BCUT2D eigenvalue weighted by molar-refractivity contribution is 0.0483. The second-order valence-corrected chi connectivity index (χ2v) is 4.24. The summed E-state index contributed by atoms with van der Waals surface area (Å²) in [6.45, 7) is 5.27. The third kappa shape index (κ3) is 2.85. The van der Waals surface area contributed by atoms with Gasteiger partial charge in [-0.15, -0.1) is 0 Å². The molecule has 0 spiro atoms. The highest BCUT2D eigenvalue weighted by Crippen LogP contribution is 2.11. The first-order valence-corrected chi connectivity index (χ1v) is 4.84. The Morgan fingerprint density at radius 2 is 1.94 bits per heavy atom. The van der Waals surface area contributed by atoms with Gasteiger partial charge >= 0.3 is 12.1 Å². The summed E-state index contributed by atoms with van der Waals surface area (Å²) in [5, 5.41) is 0. The average Bonchev–Trinajstić information content (AvgIpc) is 2.62. The molecule has 16 heavy (non-hydrogen) atoms. The van der Waals surface area contributed by atoms with Crippen LogP contribution in [-0.4, -0.2) is 29.3 Å². The van der Waals surface area contributed by atoms with Gasteiger partial charge in [0.1, 0.15) is 11.3 Å². The zero-order valence-electron chi connectivity index (χ0n) is 9.81. The van der Waals surface area contributed by atoms with Gasteiger partial charge in [0.05, 0.1) is 7.11 Å². The van der Waals surface area contributed by atoms with Crippen molar-refractivity contribution >= 4 is 12.1 Å². The van der Waals surface area contributed by atoms with E-state index in [1.807, 2.05) is 0 Å². The lowest BCUT2D eigenvalue weighted by Gasteiger charge is -2.20. The van der Waals surface area contributed by atoms with Crippen molar-refractivity contribution in [2.24, 2.45) is 0 Å². The van der Waals surface area contributed by atoms with Crippen molar-refractivity contribution in [3.05, 3.63) is 24.0 Å². The molecular formula is C11H15NO4. The number of esters is 1. The summed E-state index contributed by atoms with van der Waals surface area (Å²) in [5.41, 5.74) is -0.453. The Balaban J connectivity index is 2.93. The van der Waals surface area contributed by atoms with Gasteiger partial charge in [0, 0.05) is 6.20 Å². The van der Waals surface area contributed by atoms with Crippen LogP contribution in [0.15, 0.2) is 18.3 Å². The fourth-order valence-corrected chi connectivity index (χ4v) is 1.12. The quantitative estimate of drug-likeness (QED) is 0.686. The van der Waals surface area contributed by atoms with Crippen molar-refractivity contribution in [1.29, 1.82) is 0 Å². The molecule has 0 aliphatic rings. The molecule has 1 rings (SSSR count). The predicted octanol–water partition coefficient (Wildman–Crippen LogP) is 2.06. The van der Waals surface area contributed by atoms with Crippen LogP contribution in [0.2, 0.25) is 0 Å². The number of hydrogen-bond acceptors (Lipinski definition) is 4. The van der Waals surface area contributed by atoms with E-state index >= 15 is 0 Å². The van der Waals surface area contributed by atoms with Crippen LogP contribution in [0, 0.1) is 0 Å². The summed E-state index contributed by atoms with van der Waals surface area (Å²) in [6, 6.07) is 3.08. The molecule has 0 amide bonds. The molecule has 0 aliphatic heterocycles. The van der Waals surface area contributed by atoms with Gasteiger partial charge in [0.2, 0.25) is 0 Å². The van der Waals surface area contributed by atoms with Crippen LogP contribution >= 0.6 is 0 Å². The number of aromatic nitrogens is 1. The van der Waals surface area contributed by atoms with Gasteiger partial charge in [-0.05, 0) is 32.9 Å². The van der Waals surface area contributed by atoms with E-state index < -0.39 is 17.7 Å². The van der Waals surface area contributed by atoms with Crippen LogP contribution in [0.5, 0.6) is 0 Å². The molecule has 0 atom stereocenters. The largest absolute Gasteiger partial charge is 0.464 e. The first-order valence-electron chi connectivity index (χ1n) is 4.84. The normalized spacial score (nSPS) is 11.0. The molecule has 0 fully saturated rings. The standard InChI is InChI=1S/C11H15NO4/c1-11(2,3)16-10(14)12-7-5-6-8(12)9(13)15-4/h5-7H,1-4H3. The number of nitrogens with zero attached hydrogens (tertiary/aromatic N) is 1. The van der Waals surface area contributed by atoms with E-state index in [1.54, 1.807) is 26.8 Å². The maximum absolute atomic E-state index is 11.7. The fraction of sp³-hybridized carbons (Fsp3) is 0.455. The molecule has 0 saturated heterocycles. The number of ether oxygens (including phenoxy) is 2. The van der Waals surface area contributed by atoms with E-state index in [4.69, 9.17) is 4.74 Å². The number of methoxy groups -OCH3 is 1. The minimum Gasteiger partial charge on any atom is -0.464 e. The highest BCUT2D eigenvalue weighted by Gasteiger charge is 2.21. The lowest BCUT2D eigenvalue weighted by Crippen LogP contribution is -2.28. The fourth-order valence-electron chi connectivity index (χ4n) is 1.12. The van der Waals surface area contributed by atoms with Crippen LogP contribution in [0.3, 0.4) is 0 Å². The summed E-state index contributed by atoms with van der Waals surface area (Å²) >= 11 is 0. The van der Waals surface area contributed by atoms with Gasteiger partial charge in [0.25, 0.3) is 0 Å². The smallest absolute Gasteiger partial charge is 0.419 e. The summed E-state index contributed by atoms with van der Waals surface area (Å²) in [7, 11) is 1.26. The second-order valence-electron chi connectivity index (χ2n) is 4.24. The van der Waals surface area contributed by atoms with Crippen LogP contribution < -0.4 is 0 Å². The third-order valence-electron chi connectivity index (χ3n) is 1.73. The topological polar surface area (TPSA) is 57.5 Å². The monoisotopic (exact) mass is 225 g/mol. The molecule has 0 aliphatic carbocycles. The van der Waals surface area contributed by atoms with Crippen molar-refractivity contribution in [1.82, 2.24) is 4.57 Å². The number of carbonyl (C=O) groups is 2. The number of rotatable bonds is 1. The minimum absolute atomic E-state index is 0.150. The van der Waals surface area contributed by atoms with E-state index in [0.717, 1.165) is 4.57 Å². The van der Waals surface area contributed by atoms with Gasteiger partial charge in [-0.2, -0.15) is 0 Å². The molecule has 0 radical (unpaired) electrons. The number of hydrogen-bond donors (Lipinski definition) is 0. The maximum atomic E-state index is 11.7. The van der Waals surface area contributed by atoms with Crippen molar-refractivity contribution in [2.45, 2.75) is 26.4 Å². The van der Waals surface area contributed by atoms with Gasteiger partial charge in [0.15, 0.2) is 0 Å². The SMILES string of the molecule is COC(=O)c1cccn1C(=O)OC(C)(C)C. The van der Waals surface area contributed by atoms with E-state index in [9.17, 15) is 9.59 Å². The van der Waals surface area contributed by atoms with Crippen molar-refractivity contribution in [3.63, 3.8) is 0 Å². The molecule has 1 aromatic heterocycles. The Morgan fingerprint density at radius 3 is 2.44 bits per heavy atom. The first-order chi connectivity index (χ1) is 7.35. The van der Waals surface area contributed by atoms with Crippen molar-refractivity contribution in [2.75, 3.05) is 7.11 Å². The Bertz CT molecular complexity index is 400. The summed E-state index contributed by atoms with van der Waals surface area (Å²) in [5.74, 6) is -0.573. The van der Waals surface area contributed by atoms with Crippen LogP contribution in [0.1, 0.15) is 31.3 Å². The highest BCUT2D eigenvalue weighted by molar-refractivity contribution is 5.91. The average molecular weight is 225 g/mol. The Labute approximate surface area is 94.0 Å². The van der Waals surface area contributed by atoms with E-state index in [-0.39, 0.29) is 5.69 Å². The van der Waals surface area contributed by atoms with Gasteiger partial charge in [-0.25, -0.2) is 14.2 Å². The molecule has 1 heterocycles. The maximum Gasteiger partial charge on any atom is 0.419 e. The van der Waals surface area contributed by atoms with E-state index in [2.05, 4.69) is 4.74 Å². The minimum atomic E-state index is -0.602. The van der Waals surface area contributed by atoms with E-state index in [0.29, 0.717) is 0 Å². The van der Waals surface area contributed by atoms with Gasteiger partial charge < -0.3 is 9.47 Å². The molecule has 0 N–H and O–H groups in total. The molecule has 88 valence electrons. The molecule has 1 aromatic rings. The molecule has 0 saturated carbocycles. The molecule has 5 nitrogen and oxygen atoms in total. The van der Waals surface area contributed by atoms with Crippen LogP contribution in [-0.2, 0) is 9.47 Å². The van der Waals surface area contributed by atoms with Gasteiger partial charge in [-0.1, -0.05) is 0 Å². The Morgan fingerprint density at radius 1 is 1.31 bits per heavy atom. The molecule has 5 heteroatoms. The zero-order valence-corrected chi connectivity index (χ0v) is 9.81. The molecular weight excluding hydrogens is 210 g/mol. The van der Waals surface area contributed by atoms with Crippen molar-refractivity contribution < 1.29 is 19.1 Å². The Hall–Kier alpha value is -1.78. The number of carbonyl (C=O) groups excluding carboxylic acids is 2. The first kappa shape index (κ1) is 12.3. The molecule has 0 unspecified atom stereocenters. The Kier molecular flexibility index (Phi) is 3.37. The van der Waals surface area contributed by atoms with E-state index in [1.165, 1.54) is 19.4 Å². The lowest BCUT2D eigenvalue weighted by atomic mass is 10.2. The summed E-state index contributed by atoms with van der Waals surface area (Å²) in [4.78, 5) is 23.0.